The molecule has 0 spiro atoms. The summed E-state index contributed by atoms with van der Waals surface area (Å²) in [6.07, 6.45) is -0.741. The Bertz CT molecular complexity index is 1770. The molecule has 3 rings (SSSR count). The van der Waals surface area contributed by atoms with Crippen LogP contribution in [0.2, 0.25) is 0 Å². The minimum Gasteiger partial charge on any atom is -0.493 e. The molecule has 256 valence electrons. The number of carboxylic acids is 2. The molecule has 0 aliphatic heterocycles. The van der Waals surface area contributed by atoms with Gasteiger partial charge in [-0.25, -0.2) is 17.9 Å². The molecule has 0 fully saturated rings. The minimum absolute atomic E-state index is 0.0696. The quantitative estimate of drug-likeness (QED) is 0.0936. The van der Waals surface area contributed by atoms with Gasteiger partial charge in [0.1, 0.15) is 18.4 Å². The first-order valence-corrected chi connectivity index (χ1v) is 15.4. The van der Waals surface area contributed by atoms with Crippen LogP contribution in [0.15, 0.2) is 71.6 Å². The van der Waals surface area contributed by atoms with Crippen molar-refractivity contribution in [3.8, 4) is 17.2 Å². The van der Waals surface area contributed by atoms with Crippen LogP contribution < -0.4 is 29.6 Å². The van der Waals surface area contributed by atoms with Crippen LogP contribution in [0.1, 0.15) is 22.3 Å². The lowest BCUT2D eigenvalue weighted by molar-refractivity contribution is -0.387. The zero-order valence-electron chi connectivity index (χ0n) is 25.6. The number of amides is 2. The predicted octanol–water partition coefficient (Wildman–Crippen LogP) is 1.35. The van der Waals surface area contributed by atoms with E-state index in [-0.39, 0.29) is 35.8 Å². The Morgan fingerprint density at radius 2 is 1.52 bits per heavy atom. The number of hydrogen-bond acceptors (Lipinski definition) is 11. The maximum Gasteiger partial charge on any atom is 0.326 e. The number of carbonyl (C=O) groups excluding carboxylic acids is 2. The molecule has 2 unspecified atom stereocenters. The Morgan fingerprint density at radius 3 is 2.12 bits per heavy atom. The average molecular weight is 689 g/mol. The number of aliphatic carboxylic acids is 2. The number of nitrogens with zero attached hydrogens (tertiary/aromatic N) is 1. The van der Waals surface area contributed by atoms with Gasteiger partial charge in [0.25, 0.3) is 11.6 Å². The highest BCUT2D eigenvalue weighted by Gasteiger charge is 2.28. The Kier molecular flexibility index (Phi) is 12.8. The van der Waals surface area contributed by atoms with Crippen molar-refractivity contribution in [3.63, 3.8) is 0 Å². The Morgan fingerprint density at radius 1 is 0.896 bits per heavy atom. The van der Waals surface area contributed by atoms with Crippen LogP contribution in [0.3, 0.4) is 0 Å². The van der Waals surface area contributed by atoms with Crippen LogP contribution in [-0.2, 0) is 30.8 Å². The monoisotopic (exact) mass is 688 g/mol. The van der Waals surface area contributed by atoms with Crippen LogP contribution in [0.5, 0.6) is 17.2 Å². The summed E-state index contributed by atoms with van der Waals surface area (Å²) in [4.78, 5) is 58.7. The highest BCUT2D eigenvalue weighted by Crippen LogP contribution is 2.35. The van der Waals surface area contributed by atoms with Gasteiger partial charge in [-0.05, 0) is 18.1 Å². The third-order valence-electron chi connectivity index (χ3n) is 6.62. The molecule has 0 aromatic heterocycles. The van der Waals surface area contributed by atoms with E-state index in [1.807, 2.05) is 4.72 Å². The summed E-state index contributed by atoms with van der Waals surface area (Å²) < 4.78 is 44.1. The van der Waals surface area contributed by atoms with E-state index in [4.69, 9.17) is 19.3 Å². The van der Waals surface area contributed by atoms with Gasteiger partial charge in [0.15, 0.2) is 16.4 Å². The SMILES string of the molecule is COc1cc(OCC(Cc2ccccc2)NC(=O)CNS(=O)(=O)c2ccccc2[N+](=O)[O-])c(C(=O)NC(CC(=O)O)C(=O)O)cc1OC. The van der Waals surface area contributed by atoms with Crippen molar-refractivity contribution in [2.45, 2.75) is 29.8 Å². The summed E-state index contributed by atoms with van der Waals surface area (Å²) in [5.74, 6) is -4.82. The standard InChI is InChI=1S/C30H32N4O13S/c1-45-24-13-20(29(38)33-21(30(39)40)14-28(36)37)23(15-25(24)46-2)47-17-19(12-18-8-4-3-5-9-18)32-27(35)16-31-48(43,44)26-11-7-6-10-22(26)34(41)42/h3-11,13,15,19,21,31H,12,14,16-17H2,1-2H3,(H,32,35)(H,33,38)(H,36,37)(H,39,40). The van der Waals surface area contributed by atoms with Crippen LogP contribution in [0.25, 0.3) is 0 Å². The summed E-state index contributed by atoms with van der Waals surface area (Å²) >= 11 is 0. The van der Waals surface area contributed by atoms with E-state index in [0.29, 0.717) is 0 Å². The topological polar surface area (TPSA) is 250 Å². The molecule has 0 radical (unpaired) electrons. The molecule has 48 heavy (non-hydrogen) atoms. The van der Waals surface area contributed by atoms with Crippen molar-refractivity contribution >= 4 is 39.5 Å². The fraction of sp³-hybridized carbons (Fsp3) is 0.267. The molecule has 0 heterocycles. The maximum absolute atomic E-state index is 13.2. The first kappa shape index (κ1) is 36.7. The van der Waals surface area contributed by atoms with E-state index >= 15 is 0 Å². The predicted molar refractivity (Wildman–Crippen MR) is 167 cm³/mol. The second-order valence-corrected chi connectivity index (χ2v) is 11.7. The Hall–Kier alpha value is -5.75. The second kappa shape index (κ2) is 16.7. The third kappa shape index (κ3) is 10.1. The van der Waals surface area contributed by atoms with E-state index in [1.54, 1.807) is 30.3 Å². The molecule has 18 heteroatoms. The van der Waals surface area contributed by atoms with Gasteiger partial charge in [0, 0.05) is 18.2 Å². The van der Waals surface area contributed by atoms with Crippen LogP contribution >= 0.6 is 0 Å². The number of rotatable bonds is 18. The van der Waals surface area contributed by atoms with Crippen molar-refractivity contribution in [1.29, 1.82) is 0 Å². The largest absolute Gasteiger partial charge is 0.493 e. The van der Waals surface area contributed by atoms with Gasteiger partial charge in [-0.2, -0.15) is 0 Å². The fourth-order valence-electron chi connectivity index (χ4n) is 4.36. The lowest BCUT2D eigenvalue weighted by atomic mass is 10.1. The molecular formula is C30H32N4O13S. The number of nitro benzene ring substituents is 1. The molecule has 2 atom stereocenters. The number of ether oxygens (including phenoxy) is 3. The van der Waals surface area contributed by atoms with Gasteiger partial charge < -0.3 is 35.1 Å². The van der Waals surface area contributed by atoms with Crippen molar-refractivity contribution in [3.05, 3.63) is 88.0 Å². The zero-order chi connectivity index (χ0) is 35.4. The molecule has 2 amide bonds. The molecule has 3 aromatic carbocycles. The number of hydrogen-bond donors (Lipinski definition) is 5. The molecule has 5 N–H and O–H groups in total. The number of carbonyl (C=O) groups is 4. The minimum atomic E-state index is -4.47. The molecule has 17 nitrogen and oxygen atoms in total. The lowest BCUT2D eigenvalue weighted by Gasteiger charge is -2.22. The van der Waals surface area contributed by atoms with Crippen molar-refractivity contribution in [1.82, 2.24) is 15.4 Å². The average Bonchev–Trinajstić information content (AvgIpc) is 3.05. The number of methoxy groups -OCH3 is 2. The highest BCUT2D eigenvalue weighted by atomic mass is 32.2. The van der Waals surface area contributed by atoms with E-state index in [2.05, 4.69) is 10.6 Å². The molecule has 0 saturated carbocycles. The number of benzene rings is 3. The van der Waals surface area contributed by atoms with Crippen molar-refractivity contribution in [2.24, 2.45) is 0 Å². The highest BCUT2D eigenvalue weighted by molar-refractivity contribution is 7.89. The van der Waals surface area contributed by atoms with Gasteiger partial charge in [-0.3, -0.25) is 24.5 Å². The van der Waals surface area contributed by atoms with Crippen molar-refractivity contribution in [2.75, 3.05) is 27.4 Å². The van der Waals surface area contributed by atoms with Crippen LogP contribution in [-0.4, -0.2) is 86.8 Å². The summed E-state index contributed by atoms with van der Waals surface area (Å²) in [5, 5.41) is 34.5. The van der Waals surface area contributed by atoms with E-state index in [0.717, 1.165) is 17.7 Å². The van der Waals surface area contributed by atoms with Crippen molar-refractivity contribution < 1.29 is 56.9 Å². The van der Waals surface area contributed by atoms with Crippen LogP contribution in [0.4, 0.5) is 5.69 Å². The first-order valence-electron chi connectivity index (χ1n) is 14.0. The fourth-order valence-corrected chi connectivity index (χ4v) is 5.51. The number of nitrogens with one attached hydrogen (secondary N) is 3. The maximum atomic E-state index is 13.2. The van der Waals surface area contributed by atoms with E-state index in [1.165, 1.54) is 38.5 Å². The van der Waals surface area contributed by atoms with Gasteiger partial charge in [-0.1, -0.05) is 42.5 Å². The summed E-state index contributed by atoms with van der Waals surface area (Å²) in [7, 11) is -1.86. The Labute approximate surface area is 274 Å². The van der Waals surface area contributed by atoms with Crippen LogP contribution in [0, 0.1) is 10.1 Å². The first-order chi connectivity index (χ1) is 22.7. The summed E-state index contributed by atoms with van der Waals surface area (Å²) in [5.41, 5.74) is -0.172. The van der Waals surface area contributed by atoms with E-state index in [9.17, 15) is 42.8 Å². The molecular weight excluding hydrogens is 656 g/mol. The number of nitro groups is 1. The number of carboxylic acid groups (broad SMARTS) is 2. The molecule has 0 bridgehead atoms. The van der Waals surface area contributed by atoms with E-state index < -0.39 is 74.3 Å². The van der Waals surface area contributed by atoms with Gasteiger partial charge in [0.05, 0.1) is 43.7 Å². The van der Waals surface area contributed by atoms with Gasteiger partial charge in [0.2, 0.25) is 15.9 Å². The lowest BCUT2D eigenvalue weighted by Crippen LogP contribution is -2.45. The zero-order valence-corrected chi connectivity index (χ0v) is 26.4. The number of para-hydroxylation sites is 1. The van der Waals surface area contributed by atoms with Gasteiger partial charge >= 0.3 is 11.9 Å². The third-order valence-corrected chi connectivity index (χ3v) is 8.07. The van der Waals surface area contributed by atoms with Gasteiger partial charge in [-0.15, -0.1) is 0 Å². The summed E-state index contributed by atoms with van der Waals surface area (Å²) in [6.45, 7) is -1.10. The smallest absolute Gasteiger partial charge is 0.326 e. The second-order valence-electron chi connectivity index (χ2n) is 9.98. The normalized spacial score (nSPS) is 12.2. The molecule has 0 aliphatic carbocycles. The summed E-state index contributed by atoms with van der Waals surface area (Å²) in [6, 6.07) is 13.3. The molecule has 0 aliphatic rings. The molecule has 0 saturated heterocycles. The number of sulfonamides is 1. The molecule has 3 aromatic rings. The Balaban J connectivity index is 1.86.